The smallest absolute Gasteiger partial charge is 0.242 e. The largest absolute Gasteiger partial charge is 0.352 e. The average Bonchev–Trinajstić information content (AvgIpc) is 2.90. The Morgan fingerprint density at radius 1 is 1.29 bits per heavy atom. The lowest BCUT2D eigenvalue weighted by Gasteiger charge is -2.17. The Morgan fingerprint density at radius 2 is 1.96 bits per heavy atom. The molecule has 0 saturated heterocycles. The molecule has 24 heavy (non-hydrogen) atoms. The van der Waals surface area contributed by atoms with E-state index in [4.69, 9.17) is 5.73 Å². The fraction of sp³-hybridized carbons (Fsp3) is 0.562. The number of carbonyl (C=O) groups is 1. The van der Waals surface area contributed by atoms with Crippen LogP contribution in [-0.4, -0.2) is 38.8 Å². The molecule has 1 aromatic carbocycles. The molecule has 0 aromatic heterocycles. The first-order valence-electron chi connectivity index (χ1n) is 7.85. The van der Waals surface area contributed by atoms with E-state index in [9.17, 15) is 13.2 Å². The standard InChI is InChI=1S/C16H25N3O3S.ClH/c1-19(2)23(21,22)15-9-4-3-6-13(15)11-18-16(20)10-12-7-5-8-14(12)17;/h3-4,6,9,12,14H,5,7-8,10-11,17H2,1-2H3,(H,18,20);1H/t12-,14+;/m0./s1. The molecule has 1 aliphatic carbocycles. The van der Waals surface area contributed by atoms with E-state index in [-0.39, 0.29) is 41.7 Å². The number of halogens is 1. The summed E-state index contributed by atoms with van der Waals surface area (Å²) >= 11 is 0. The molecular weight excluding hydrogens is 350 g/mol. The Bertz CT molecular complexity index is 664. The van der Waals surface area contributed by atoms with Crippen LogP contribution in [0.25, 0.3) is 0 Å². The monoisotopic (exact) mass is 375 g/mol. The lowest BCUT2D eigenvalue weighted by atomic mass is 10.00. The quantitative estimate of drug-likeness (QED) is 0.787. The van der Waals surface area contributed by atoms with Crippen molar-refractivity contribution in [1.82, 2.24) is 9.62 Å². The molecule has 136 valence electrons. The maximum Gasteiger partial charge on any atom is 0.242 e. The summed E-state index contributed by atoms with van der Waals surface area (Å²) in [7, 11) is -0.540. The first kappa shape index (κ1) is 20.9. The highest BCUT2D eigenvalue weighted by Gasteiger charge is 2.26. The van der Waals surface area contributed by atoms with Crippen molar-refractivity contribution in [3.63, 3.8) is 0 Å². The third kappa shape index (κ3) is 4.92. The number of nitrogens with one attached hydrogen (secondary N) is 1. The van der Waals surface area contributed by atoms with E-state index in [1.54, 1.807) is 24.3 Å². The molecule has 1 fully saturated rings. The molecule has 1 amide bonds. The number of hydrogen-bond acceptors (Lipinski definition) is 4. The fourth-order valence-electron chi connectivity index (χ4n) is 2.92. The Kier molecular flexibility index (Phi) is 7.66. The molecule has 1 aliphatic rings. The SMILES string of the molecule is CN(C)S(=O)(=O)c1ccccc1CNC(=O)C[C@@H]1CCC[C@H]1N.Cl. The number of nitrogens with zero attached hydrogens (tertiary/aromatic N) is 1. The van der Waals surface area contributed by atoms with Crippen molar-refractivity contribution in [3.8, 4) is 0 Å². The van der Waals surface area contributed by atoms with Gasteiger partial charge in [0.05, 0.1) is 4.90 Å². The second-order valence-corrected chi connectivity index (χ2v) is 8.35. The van der Waals surface area contributed by atoms with Crippen molar-refractivity contribution in [2.45, 2.75) is 43.2 Å². The molecule has 2 atom stereocenters. The number of carbonyl (C=O) groups excluding carboxylic acids is 1. The molecule has 6 nitrogen and oxygen atoms in total. The first-order valence-corrected chi connectivity index (χ1v) is 9.29. The van der Waals surface area contributed by atoms with Gasteiger partial charge in [-0.2, -0.15) is 0 Å². The highest BCUT2D eigenvalue weighted by atomic mass is 35.5. The van der Waals surface area contributed by atoms with E-state index >= 15 is 0 Å². The third-order valence-electron chi connectivity index (χ3n) is 4.37. The first-order chi connectivity index (χ1) is 10.8. The lowest BCUT2D eigenvalue weighted by Crippen LogP contribution is -2.32. The summed E-state index contributed by atoms with van der Waals surface area (Å²) in [5.41, 5.74) is 6.57. The third-order valence-corrected chi connectivity index (χ3v) is 6.29. The molecular formula is C16H26ClN3O3S. The predicted molar refractivity (Wildman–Crippen MR) is 96.3 cm³/mol. The van der Waals surface area contributed by atoms with Gasteiger partial charge in [-0.25, -0.2) is 12.7 Å². The maximum atomic E-state index is 12.3. The van der Waals surface area contributed by atoms with E-state index in [1.807, 2.05) is 0 Å². The van der Waals surface area contributed by atoms with Crippen molar-refractivity contribution in [2.75, 3.05) is 14.1 Å². The van der Waals surface area contributed by atoms with Gasteiger partial charge in [0.2, 0.25) is 15.9 Å². The van der Waals surface area contributed by atoms with Gasteiger partial charge in [0, 0.05) is 33.1 Å². The highest BCUT2D eigenvalue weighted by molar-refractivity contribution is 7.89. The van der Waals surface area contributed by atoms with E-state index in [1.165, 1.54) is 18.4 Å². The number of amides is 1. The predicted octanol–water partition coefficient (Wildman–Crippen LogP) is 1.49. The van der Waals surface area contributed by atoms with Gasteiger partial charge < -0.3 is 11.1 Å². The van der Waals surface area contributed by atoms with Crippen LogP contribution in [0.4, 0.5) is 0 Å². The molecule has 1 saturated carbocycles. The number of nitrogens with two attached hydrogens (primary N) is 1. The molecule has 2 rings (SSSR count). The molecule has 0 heterocycles. The van der Waals surface area contributed by atoms with Crippen LogP contribution >= 0.6 is 12.4 Å². The van der Waals surface area contributed by atoms with Crippen molar-refractivity contribution in [3.05, 3.63) is 29.8 Å². The van der Waals surface area contributed by atoms with Gasteiger partial charge in [0.25, 0.3) is 0 Å². The highest BCUT2D eigenvalue weighted by Crippen LogP contribution is 2.26. The number of benzene rings is 1. The summed E-state index contributed by atoms with van der Waals surface area (Å²) in [5.74, 6) is 0.153. The van der Waals surface area contributed by atoms with E-state index in [0.717, 1.165) is 19.3 Å². The van der Waals surface area contributed by atoms with Crippen molar-refractivity contribution in [1.29, 1.82) is 0 Å². The molecule has 0 unspecified atom stereocenters. The van der Waals surface area contributed by atoms with Crippen molar-refractivity contribution < 1.29 is 13.2 Å². The van der Waals surface area contributed by atoms with Crippen LogP contribution in [0.3, 0.4) is 0 Å². The van der Waals surface area contributed by atoms with Gasteiger partial charge in [-0.3, -0.25) is 4.79 Å². The zero-order valence-electron chi connectivity index (χ0n) is 14.1. The second kappa shape index (κ2) is 8.80. The molecule has 3 N–H and O–H groups in total. The molecule has 0 aliphatic heterocycles. The van der Waals surface area contributed by atoms with E-state index < -0.39 is 10.0 Å². The van der Waals surface area contributed by atoms with E-state index in [2.05, 4.69) is 5.32 Å². The maximum absolute atomic E-state index is 12.3. The summed E-state index contributed by atoms with van der Waals surface area (Å²) in [4.78, 5) is 12.3. The van der Waals surface area contributed by atoms with Crippen LogP contribution in [0, 0.1) is 5.92 Å². The fourth-order valence-corrected chi connectivity index (χ4v) is 4.04. The van der Waals surface area contributed by atoms with Gasteiger partial charge in [-0.05, 0) is 30.4 Å². The van der Waals surface area contributed by atoms with Crippen LogP contribution in [0.5, 0.6) is 0 Å². The Morgan fingerprint density at radius 3 is 2.54 bits per heavy atom. The van der Waals surface area contributed by atoms with Gasteiger partial charge in [0.1, 0.15) is 0 Å². The van der Waals surface area contributed by atoms with Crippen LogP contribution < -0.4 is 11.1 Å². The number of rotatable bonds is 6. The average molecular weight is 376 g/mol. The van der Waals surface area contributed by atoms with Crippen molar-refractivity contribution in [2.24, 2.45) is 11.7 Å². The molecule has 0 bridgehead atoms. The Hall–Kier alpha value is -1.15. The summed E-state index contributed by atoms with van der Waals surface area (Å²) in [6.45, 7) is 0.198. The summed E-state index contributed by atoms with van der Waals surface area (Å²) in [6, 6.07) is 6.83. The minimum atomic E-state index is -3.52. The van der Waals surface area contributed by atoms with Crippen LogP contribution in [0.15, 0.2) is 29.2 Å². The molecule has 8 heteroatoms. The van der Waals surface area contributed by atoms with E-state index in [0.29, 0.717) is 12.0 Å². The van der Waals surface area contributed by atoms with Gasteiger partial charge >= 0.3 is 0 Å². The second-order valence-electron chi connectivity index (χ2n) is 6.23. The summed E-state index contributed by atoms with van der Waals surface area (Å²) in [6.07, 6.45) is 3.44. The van der Waals surface area contributed by atoms with Crippen LogP contribution in [0.2, 0.25) is 0 Å². The molecule has 0 radical (unpaired) electrons. The van der Waals surface area contributed by atoms with Gasteiger partial charge in [-0.1, -0.05) is 24.6 Å². The Balaban J connectivity index is 0.00000288. The van der Waals surface area contributed by atoms with Gasteiger partial charge in [0.15, 0.2) is 0 Å². The molecule has 1 aromatic rings. The molecule has 0 spiro atoms. The summed E-state index contributed by atoms with van der Waals surface area (Å²) in [5, 5.41) is 2.82. The Labute approximate surface area is 150 Å². The lowest BCUT2D eigenvalue weighted by molar-refractivity contribution is -0.122. The zero-order valence-corrected chi connectivity index (χ0v) is 15.7. The zero-order chi connectivity index (χ0) is 17.0. The minimum Gasteiger partial charge on any atom is -0.352 e. The van der Waals surface area contributed by atoms with Gasteiger partial charge in [-0.15, -0.1) is 12.4 Å². The summed E-state index contributed by atoms with van der Waals surface area (Å²) < 4.78 is 25.8. The van der Waals surface area contributed by atoms with Crippen molar-refractivity contribution >= 4 is 28.3 Å². The van der Waals surface area contributed by atoms with Crippen LogP contribution in [-0.2, 0) is 21.4 Å². The number of sulfonamides is 1. The normalized spacial score (nSPS) is 20.7. The number of hydrogen-bond donors (Lipinski definition) is 2. The topological polar surface area (TPSA) is 92.5 Å². The van der Waals surface area contributed by atoms with Crippen LogP contribution in [0.1, 0.15) is 31.2 Å². The minimum absolute atomic E-state index is 0.